The number of anilines is 1. The quantitative estimate of drug-likeness (QED) is 0.443. The van der Waals surface area contributed by atoms with Gasteiger partial charge in [-0.05, 0) is 87.2 Å². The van der Waals surface area contributed by atoms with Gasteiger partial charge in [0.2, 0.25) is 5.91 Å². The number of nitrogens with zero attached hydrogens (tertiary/aromatic N) is 2. The molecule has 3 N–H and O–H groups in total. The van der Waals surface area contributed by atoms with Gasteiger partial charge in [0, 0.05) is 30.3 Å². The second-order valence-corrected chi connectivity index (χ2v) is 11.0. The molecule has 2 heterocycles. The first-order chi connectivity index (χ1) is 17.4. The lowest BCUT2D eigenvalue weighted by molar-refractivity contribution is -0.126. The van der Waals surface area contributed by atoms with Crippen LogP contribution in [0.5, 0.6) is 11.5 Å². The summed E-state index contributed by atoms with van der Waals surface area (Å²) in [7, 11) is 0. The monoisotopic (exact) mass is 533 g/mol. The average Bonchev–Trinajstić information content (AvgIpc) is 3.29. The zero-order valence-corrected chi connectivity index (χ0v) is 21.7. The van der Waals surface area contributed by atoms with Crippen LogP contribution in [0.2, 0.25) is 10.0 Å². The molecule has 194 valence electrons. The van der Waals surface area contributed by atoms with E-state index in [4.69, 9.17) is 27.9 Å². The largest absolute Gasteiger partial charge is 0.504 e. The van der Waals surface area contributed by atoms with E-state index >= 15 is 0 Å². The highest BCUT2D eigenvalue weighted by atomic mass is 35.5. The summed E-state index contributed by atoms with van der Waals surface area (Å²) < 4.78 is 5.72. The molecule has 5 rings (SSSR count). The molecule has 2 aromatic rings. The fraction of sp³-hybridized carbons (Fsp3) is 0.519. The molecule has 1 saturated carbocycles. The highest BCUT2D eigenvalue weighted by molar-refractivity contribution is 6.32. The summed E-state index contributed by atoms with van der Waals surface area (Å²) in [6.45, 7) is 3.80. The summed E-state index contributed by atoms with van der Waals surface area (Å²) in [5.74, 6) is -0.0911. The van der Waals surface area contributed by atoms with Crippen molar-refractivity contribution in [3.05, 3.63) is 52.0 Å². The van der Waals surface area contributed by atoms with Crippen molar-refractivity contribution in [1.29, 1.82) is 0 Å². The fourth-order valence-corrected chi connectivity index (χ4v) is 5.49. The van der Waals surface area contributed by atoms with Crippen LogP contribution in [0.25, 0.3) is 0 Å². The predicted molar refractivity (Wildman–Crippen MR) is 141 cm³/mol. The molecular weight excluding hydrogens is 501 g/mol. The minimum atomic E-state index is -1.03. The van der Waals surface area contributed by atoms with E-state index in [0.717, 1.165) is 57.4 Å². The van der Waals surface area contributed by atoms with Crippen molar-refractivity contribution in [2.45, 2.75) is 50.4 Å². The molecule has 2 saturated heterocycles. The van der Waals surface area contributed by atoms with Gasteiger partial charge in [-0.3, -0.25) is 4.79 Å². The molecule has 1 aliphatic carbocycles. The first-order valence-electron chi connectivity index (χ1n) is 12.8. The summed E-state index contributed by atoms with van der Waals surface area (Å²) in [5, 5.41) is 26.0. The summed E-state index contributed by atoms with van der Waals surface area (Å²) in [4.78, 5) is 17.8. The van der Waals surface area contributed by atoms with Crippen LogP contribution in [0.1, 0.15) is 43.8 Å². The predicted octanol–water partition coefficient (Wildman–Crippen LogP) is 4.38. The molecule has 3 fully saturated rings. The molecule has 0 bridgehead atoms. The molecule has 3 atom stereocenters. The van der Waals surface area contributed by atoms with Crippen LogP contribution in [-0.2, 0) is 4.79 Å². The lowest BCUT2D eigenvalue weighted by Crippen LogP contribution is -2.48. The van der Waals surface area contributed by atoms with Gasteiger partial charge in [0.15, 0.2) is 11.5 Å². The minimum absolute atomic E-state index is 0.0706. The number of nitrogens with one attached hydrogen (secondary N) is 1. The number of carbonyl (C=O) groups is 1. The maximum Gasteiger partial charge on any atom is 0.225 e. The maximum absolute atomic E-state index is 13.3. The number of aromatic hydroxyl groups is 1. The fourth-order valence-electron chi connectivity index (χ4n) is 5.10. The highest BCUT2D eigenvalue weighted by Crippen LogP contribution is 2.41. The number of phenolic OH excluding ortho intramolecular Hbond substituents is 1. The van der Waals surface area contributed by atoms with E-state index in [2.05, 4.69) is 15.1 Å². The van der Waals surface area contributed by atoms with Gasteiger partial charge in [-0.15, -0.1) is 0 Å². The van der Waals surface area contributed by atoms with E-state index in [-0.39, 0.29) is 34.5 Å². The second kappa shape index (κ2) is 11.1. The Morgan fingerprint density at radius 1 is 1.08 bits per heavy atom. The Bertz CT molecular complexity index is 1050. The molecule has 7 nitrogen and oxygen atoms in total. The van der Waals surface area contributed by atoms with Gasteiger partial charge in [0.1, 0.15) is 6.10 Å². The topological polar surface area (TPSA) is 85.3 Å². The molecule has 9 heteroatoms. The van der Waals surface area contributed by atoms with Crippen molar-refractivity contribution in [3.8, 4) is 11.5 Å². The summed E-state index contributed by atoms with van der Waals surface area (Å²) >= 11 is 12.4. The van der Waals surface area contributed by atoms with Gasteiger partial charge < -0.3 is 30.1 Å². The van der Waals surface area contributed by atoms with Crippen LogP contribution < -0.4 is 15.0 Å². The number of rotatable bonds is 9. The summed E-state index contributed by atoms with van der Waals surface area (Å²) in [5.41, 5.74) is 1.50. The molecule has 3 aliphatic rings. The number of phenols is 1. The van der Waals surface area contributed by atoms with E-state index in [9.17, 15) is 15.0 Å². The number of ether oxygens (including phenoxy) is 1. The Morgan fingerprint density at radius 2 is 1.81 bits per heavy atom. The number of likely N-dealkylation sites (tertiary alicyclic amines) is 1. The van der Waals surface area contributed by atoms with Crippen LogP contribution in [0.3, 0.4) is 0 Å². The second-order valence-electron chi connectivity index (χ2n) is 10.1. The third kappa shape index (κ3) is 6.02. The molecule has 36 heavy (non-hydrogen) atoms. The maximum atomic E-state index is 13.3. The normalized spacial score (nSPS) is 22.0. The number of hydrogen-bond donors (Lipinski definition) is 3. The van der Waals surface area contributed by atoms with Gasteiger partial charge in [0.05, 0.1) is 23.1 Å². The number of halogens is 2. The van der Waals surface area contributed by atoms with Gasteiger partial charge in [0.25, 0.3) is 0 Å². The van der Waals surface area contributed by atoms with E-state index in [1.54, 1.807) is 6.07 Å². The van der Waals surface area contributed by atoms with E-state index in [1.807, 2.05) is 24.3 Å². The number of benzene rings is 2. The van der Waals surface area contributed by atoms with Crippen molar-refractivity contribution in [2.75, 3.05) is 37.6 Å². The molecule has 1 amide bonds. The standard InChI is InChI=1S/C27H33Cl2N3O4/c28-19-3-5-20(6-4-19)32-12-9-17(15-32)27(35)30-23(16-31-10-1-2-11-31)25(34)18-13-22(29)26(24(33)14-18)36-21-7-8-21/h3-6,13-14,17,21,23,25,33-34H,1-2,7-12,15-16H2,(H,30,35)/t17?,23-,25-/m1/s1. The van der Waals surface area contributed by atoms with Crippen LogP contribution in [-0.4, -0.2) is 65.9 Å². The minimum Gasteiger partial charge on any atom is -0.504 e. The van der Waals surface area contributed by atoms with Crippen LogP contribution in [0.4, 0.5) is 5.69 Å². The lowest BCUT2D eigenvalue weighted by Gasteiger charge is -2.30. The third-order valence-corrected chi connectivity index (χ3v) is 7.84. The van der Waals surface area contributed by atoms with Crippen molar-refractivity contribution < 1.29 is 19.7 Å². The number of aliphatic hydroxyl groups excluding tert-OH is 1. The Balaban J connectivity index is 1.29. The molecular formula is C27H33Cl2N3O4. The zero-order chi connectivity index (χ0) is 25.2. The molecule has 0 aromatic heterocycles. The Kier molecular flexibility index (Phi) is 7.82. The van der Waals surface area contributed by atoms with Crippen LogP contribution in [0, 0.1) is 5.92 Å². The van der Waals surface area contributed by atoms with Crippen molar-refractivity contribution >= 4 is 34.8 Å². The first kappa shape index (κ1) is 25.5. The van der Waals surface area contributed by atoms with Crippen LogP contribution >= 0.6 is 23.2 Å². The number of hydrogen-bond acceptors (Lipinski definition) is 6. The van der Waals surface area contributed by atoms with Crippen molar-refractivity contribution in [1.82, 2.24) is 10.2 Å². The average molecular weight is 534 g/mol. The third-order valence-electron chi connectivity index (χ3n) is 7.31. The van der Waals surface area contributed by atoms with E-state index in [0.29, 0.717) is 23.7 Å². The van der Waals surface area contributed by atoms with Gasteiger partial charge in [-0.1, -0.05) is 23.2 Å². The number of carbonyl (C=O) groups excluding carboxylic acids is 1. The Morgan fingerprint density at radius 3 is 2.47 bits per heavy atom. The highest BCUT2D eigenvalue weighted by Gasteiger charge is 2.34. The van der Waals surface area contributed by atoms with Crippen LogP contribution in [0.15, 0.2) is 36.4 Å². The number of aliphatic hydroxyl groups is 1. The number of amides is 1. The van der Waals surface area contributed by atoms with Gasteiger partial charge in [-0.2, -0.15) is 0 Å². The van der Waals surface area contributed by atoms with E-state index in [1.165, 1.54) is 6.07 Å². The molecule has 0 radical (unpaired) electrons. The first-order valence-corrected chi connectivity index (χ1v) is 13.5. The van der Waals surface area contributed by atoms with Gasteiger partial charge >= 0.3 is 0 Å². The zero-order valence-electron chi connectivity index (χ0n) is 20.2. The summed E-state index contributed by atoms with van der Waals surface area (Å²) in [6, 6.07) is 10.2. The molecule has 2 aliphatic heterocycles. The van der Waals surface area contributed by atoms with E-state index < -0.39 is 12.1 Å². The molecule has 0 spiro atoms. The smallest absolute Gasteiger partial charge is 0.225 e. The van der Waals surface area contributed by atoms with Crippen molar-refractivity contribution in [2.24, 2.45) is 5.92 Å². The molecule has 1 unspecified atom stereocenters. The Hall–Kier alpha value is -2.19. The van der Waals surface area contributed by atoms with Crippen molar-refractivity contribution in [3.63, 3.8) is 0 Å². The molecule has 2 aromatic carbocycles. The summed E-state index contributed by atoms with van der Waals surface area (Å²) in [6.07, 6.45) is 3.90. The SMILES string of the molecule is O=C(N[C@H](CN1CCCC1)[C@H](O)c1cc(O)c(OC2CC2)c(Cl)c1)C1CCN(c2ccc(Cl)cc2)C1. The van der Waals surface area contributed by atoms with Gasteiger partial charge in [-0.25, -0.2) is 0 Å². The lowest BCUT2D eigenvalue weighted by atomic mass is 9.99. The Labute approximate surface area is 221 Å².